The van der Waals surface area contributed by atoms with E-state index >= 15 is 0 Å². The van der Waals surface area contributed by atoms with E-state index in [0.717, 1.165) is 18.5 Å². The van der Waals surface area contributed by atoms with Gasteiger partial charge in [0, 0.05) is 6.04 Å². The van der Waals surface area contributed by atoms with Gasteiger partial charge in [-0.1, -0.05) is 0 Å². The van der Waals surface area contributed by atoms with Gasteiger partial charge < -0.3 is 10.6 Å². The molecule has 0 amide bonds. The molecule has 0 aromatic heterocycles. The Bertz CT molecular complexity index is 161. The van der Waals surface area contributed by atoms with E-state index in [4.69, 9.17) is 5.73 Å². The second-order valence-corrected chi connectivity index (χ2v) is 5.78. The van der Waals surface area contributed by atoms with Crippen LogP contribution in [0.1, 0.15) is 25.7 Å². The van der Waals surface area contributed by atoms with Crippen molar-refractivity contribution in [3.05, 3.63) is 0 Å². The molecule has 2 rings (SSSR count). The zero-order chi connectivity index (χ0) is 9.80. The van der Waals surface area contributed by atoms with Crippen LogP contribution in [-0.4, -0.2) is 42.1 Å². The van der Waals surface area contributed by atoms with E-state index in [1.807, 2.05) is 0 Å². The third kappa shape index (κ3) is 2.65. The fourth-order valence-corrected chi connectivity index (χ4v) is 3.69. The Morgan fingerprint density at radius 2 is 1.71 bits per heavy atom. The zero-order valence-electron chi connectivity index (χ0n) is 8.95. The number of nitrogens with zero attached hydrogens (tertiary/aromatic N) is 1. The lowest BCUT2D eigenvalue weighted by molar-refractivity contribution is 0.128. The average Bonchev–Trinajstić information content (AvgIpc) is 2.30. The van der Waals surface area contributed by atoms with Crippen LogP contribution in [0.5, 0.6) is 0 Å². The van der Waals surface area contributed by atoms with Crippen molar-refractivity contribution in [1.82, 2.24) is 4.90 Å². The SMILES string of the molecule is NCC1CCN(C2CCSCC2)CC1. The van der Waals surface area contributed by atoms with Gasteiger partial charge in [0.2, 0.25) is 0 Å². The zero-order valence-corrected chi connectivity index (χ0v) is 9.77. The average molecular weight is 214 g/mol. The minimum Gasteiger partial charge on any atom is -0.330 e. The van der Waals surface area contributed by atoms with E-state index in [2.05, 4.69) is 16.7 Å². The molecule has 14 heavy (non-hydrogen) atoms. The summed E-state index contributed by atoms with van der Waals surface area (Å²) in [4.78, 5) is 2.71. The Morgan fingerprint density at radius 3 is 2.29 bits per heavy atom. The number of hydrogen-bond donors (Lipinski definition) is 1. The van der Waals surface area contributed by atoms with E-state index in [1.165, 1.54) is 50.3 Å². The maximum absolute atomic E-state index is 5.71. The normalized spacial score (nSPS) is 28.1. The molecule has 0 aromatic carbocycles. The Morgan fingerprint density at radius 1 is 1.07 bits per heavy atom. The van der Waals surface area contributed by atoms with Crippen molar-refractivity contribution >= 4 is 11.8 Å². The second kappa shape index (κ2) is 5.38. The highest BCUT2D eigenvalue weighted by Crippen LogP contribution is 2.25. The Hall–Kier alpha value is 0.270. The fraction of sp³-hybridized carbons (Fsp3) is 1.00. The Balaban J connectivity index is 1.76. The number of hydrogen-bond acceptors (Lipinski definition) is 3. The summed E-state index contributed by atoms with van der Waals surface area (Å²) in [6.07, 6.45) is 5.50. The van der Waals surface area contributed by atoms with E-state index in [0.29, 0.717) is 0 Å². The first-order valence-corrected chi connectivity index (χ1v) is 7.07. The smallest absolute Gasteiger partial charge is 0.0111 e. The van der Waals surface area contributed by atoms with Crippen LogP contribution in [0.2, 0.25) is 0 Å². The molecule has 0 aromatic rings. The highest BCUT2D eigenvalue weighted by molar-refractivity contribution is 7.99. The van der Waals surface area contributed by atoms with Crippen molar-refractivity contribution in [3.63, 3.8) is 0 Å². The van der Waals surface area contributed by atoms with Crippen LogP contribution in [0.25, 0.3) is 0 Å². The topological polar surface area (TPSA) is 29.3 Å². The Kier molecular flexibility index (Phi) is 4.14. The second-order valence-electron chi connectivity index (χ2n) is 4.56. The van der Waals surface area contributed by atoms with Crippen molar-refractivity contribution in [2.75, 3.05) is 31.1 Å². The minimum atomic E-state index is 0.809. The van der Waals surface area contributed by atoms with Crippen molar-refractivity contribution < 1.29 is 0 Å². The van der Waals surface area contributed by atoms with Crippen LogP contribution in [0, 0.1) is 5.92 Å². The van der Waals surface area contributed by atoms with E-state index in [9.17, 15) is 0 Å². The standard InChI is InChI=1S/C11H22N2S/c12-9-10-1-5-13(6-2-10)11-3-7-14-8-4-11/h10-11H,1-9,12H2. The van der Waals surface area contributed by atoms with Crippen LogP contribution in [0.15, 0.2) is 0 Å². The maximum atomic E-state index is 5.71. The number of likely N-dealkylation sites (tertiary alicyclic amines) is 1. The van der Waals surface area contributed by atoms with Crippen LogP contribution in [-0.2, 0) is 0 Å². The van der Waals surface area contributed by atoms with Gasteiger partial charge in [0.1, 0.15) is 0 Å². The van der Waals surface area contributed by atoms with Gasteiger partial charge >= 0.3 is 0 Å². The van der Waals surface area contributed by atoms with Crippen LogP contribution in [0.3, 0.4) is 0 Å². The summed E-state index contributed by atoms with van der Waals surface area (Å²) in [5, 5.41) is 0. The molecule has 0 spiro atoms. The highest BCUT2D eigenvalue weighted by Gasteiger charge is 2.25. The van der Waals surface area contributed by atoms with E-state index in [-0.39, 0.29) is 0 Å². The molecule has 0 radical (unpaired) electrons. The van der Waals surface area contributed by atoms with Gasteiger partial charge in [-0.05, 0) is 62.7 Å². The molecular formula is C11H22N2S. The molecule has 0 aliphatic carbocycles. The summed E-state index contributed by atoms with van der Waals surface area (Å²) in [6, 6.07) is 0.898. The highest BCUT2D eigenvalue weighted by atomic mass is 32.2. The van der Waals surface area contributed by atoms with Gasteiger partial charge in [0.05, 0.1) is 0 Å². The van der Waals surface area contributed by atoms with Gasteiger partial charge in [-0.25, -0.2) is 0 Å². The molecule has 2 aliphatic rings. The van der Waals surface area contributed by atoms with Crippen molar-refractivity contribution in [1.29, 1.82) is 0 Å². The summed E-state index contributed by atoms with van der Waals surface area (Å²) in [5.41, 5.74) is 5.71. The quantitative estimate of drug-likeness (QED) is 0.756. The van der Waals surface area contributed by atoms with E-state index in [1.54, 1.807) is 0 Å². The number of rotatable bonds is 2. The summed E-state index contributed by atoms with van der Waals surface area (Å²) in [6.45, 7) is 3.50. The number of thioether (sulfide) groups is 1. The predicted octanol–water partition coefficient (Wildman–Crippen LogP) is 1.55. The van der Waals surface area contributed by atoms with Crippen molar-refractivity contribution in [3.8, 4) is 0 Å². The molecule has 82 valence electrons. The first kappa shape index (κ1) is 10.8. The van der Waals surface area contributed by atoms with E-state index < -0.39 is 0 Å². The van der Waals surface area contributed by atoms with Crippen molar-refractivity contribution in [2.45, 2.75) is 31.7 Å². The van der Waals surface area contributed by atoms with Crippen molar-refractivity contribution in [2.24, 2.45) is 11.7 Å². The molecule has 2 nitrogen and oxygen atoms in total. The van der Waals surface area contributed by atoms with Gasteiger partial charge in [-0.15, -0.1) is 0 Å². The molecule has 2 aliphatic heterocycles. The third-order valence-electron chi connectivity index (χ3n) is 3.69. The minimum absolute atomic E-state index is 0.809. The molecule has 2 N–H and O–H groups in total. The lowest BCUT2D eigenvalue weighted by atomic mass is 9.95. The van der Waals surface area contributed by atoms with Gasteiger partial charge in [-0.3, -0.25) is 0 Å². The monoisotopic (exact) mass is 214 g/mol. The maximum Gasteiger partial charge on any atom is 0.0111 e. The third-order valence-corrected chi connectivity index (χ3v) is 4.74. The lowest BCUT2D eigenvalue weighted by Gasteiger charge is -2.38. The van der Waals surface area contributed by atoms with Crippen LogP contribution < -0.4 is 5.73 Å². The van der Waals surface area contributed by atoms with Gasteiger partial charge in [-0.2, -0.15) is 11.8 Å². The fourth-order valence-electron chi connectivity index (χ4n) is 2.60. The summed E-state index contributed by atoms with van der Waals surface area (Å²) in [7, 11) is 0. The molecule has 3 heteroatoms. The summed E-state index contributed by atoms with van der Waals surface area (Å²) < 4.78 is 0. The summed E-state index contributed by atoms with van der Waals surface area (Å²) in [5.74, 6) is 3.56. The van der Waals surface area contributed by atoms with Crippen LogP contribution >= 0.6 is 11.8 Å². The predicted molar refractivity (Wildman–Crippen MR) is 63.7 cm³/mol. The number of nitrogens with two attached hydrogens (primary N) is 1. The molecule has 0 bridgehead atoms. The van der Waals surface area contributed by atoms with Gasteiger partial charge in [0.25, 0.3) is 0 Å². The molecule has 0 unspecified atom stereocenters. The van der Waals surface area contributed by atoms with Gasteiger partial charge in [0.15, 0.2) is 0 Å². The first-order chi connectivity index (χ1) is 6.90. The molecule has 0 saturated carbocycles. The molecular weight excluding hydrogens is 192 g/mol. The largest absolute Gasteiger partial charge is 0.330 e. The molecule has 2 fully saturated rings. The molecule has 0 atom stereocenters. The number of piperidine rings is 1. The van der Waals surface area contributed by atoms with Crippen LogP contribution in [0.4, 0.5) is 0 Å². The summed E-state index contributed by atoms with van der Waals surface area (Å²) >= 11 is 2.12. The molecule has 2 heterocycles. The Labute approximate surface area is 91.6 Å². The first-order valence-electron chi connectivity index (χ1n) is 5.92. The lowest BCUT2D eigenvalue weighted by Crippen LogP contribution is -2.44. The molecule has 2 saturated heterocycles.